The van der Waals surface area contributed by atoms with E-state index in [4.69, 9.17) is 16.2 Å². The molecule has 0 saturated heterocycles. The number of H-pyrrole nitrogens is 1. The van der Waals surface area contributed by atoms with E-state index in [2.05, 4.69) is 4.98 Å². The van der Waals surface area contributed by atoms with Crippen LogP contribution in [0.4, 0.5) is 4.39 Å². The molecule has 6 nitrogen and oxygen atoms in total. The summed E-state index contributed by atoms with van der Waals surface area (Å²) in [7, 11) is 1.39. The minimum Gasteiger partial charge on any atom is -0.494 e. The number of rotatable bonds is 4. The highest BCUT2D eigenvalue weighted by atomic mass is 19.1. The third-order valence-electron chi connectivity index (χ3n) is 4.74. The molecule has 0 unspecified atom stereocenters. The van der Waals surface area contributed by atoms with Crippen LogP contribution in [0.15, 0.2) is 48.5 Å². The van der Waals surface area contributed by atoms with E-state index in [1.165, 1.54) is 19.2 Å². The van der Waals surface area contributed by atoms with E-state index < -0.39 is 17.6 Å². The predicted molar refractivity (Wildman–Crippen MR) is 105 cm³/mol. The summed E-state index contributed by atoms with van der Waals surface area (Å²) in [6.07, 6.45) is 0. The van der Waals surface area contributed by atoms with Crippen LogP contribution in [-0.2, 0) is 0 Å². The van der Waals surface area contributed by atoms with Crippen LogP contribution >= 0.6 is 0 Å². The van der Waals surface area contributed by atoms with E-state index in [9.17, 15) is 14.0 Å². The zero-order valence-corrected chi connectivity index (χ0v) is 14.9. The fraction of sp³-hybridized carbons (Fsp3) is 0.0476. The third kappa shape index (κ3) is 2.73. The number of ether oxygens (including phenoxy) is 1. The van der Waals surface area contributed by atoms with Gasteiger partial charge in [-0.3, -0.25) is 9.59 Å². The molecule has 5 N–H and O–H groups in total. The van der Waals surface area contributed by atoms with Crippen molar-refractivity contribution in [2.75, 3.05) is 7.11 Å². The molecule has 7 heteroatoms. The summed E-state index contributed by atoms with van der Waals surface area (Å²) in [6, 6.07) is 12.9. The van der Waals surface area contributed by atoms with Gasteiger partial charge in [0.2, 0.25) is 5.91 Å². The second-order valence-corrected chi connectivity index (χ2v) is 6.41. The number of carbonyl (C=O) groups excluding carboxylic acids is 2. The number of benzene rings is 3. The average Bonchev–Trinajstić information content (AvgIpc) is 3.04. The molecule has 0 radical (unpaired) electrons. The number of halogens is 1. The van der Waals surface area contributed by atoms with Gasteiger partial charge < -0.3 is 21.2 Å². The van der Waals surface area contributed by atoms with Crippen LogP contribution in [-0.4, -0.2) is 23.9 Å². The summed E-state index contributed by atoms with van der Waals surface area (Å²) in [4.78, 5) is 26.8. The molecule has 0 saturated carbocycles. The summed E-state index contributed by atoms with van der Waals surface area (Å²) in [5.74, 6) is -1.57. The smallest absolute Gasteiger partial charge is 0.250 e. The average molecular weight is 377 g/mol. The van der Waals surface area contributed by atoms with Gasteiger partial charge in [0, 0.05) is 21.9 Å². The van der Waals surface area contributed by atoms with Gasteiger partial charge in [-0.25, -0.2) is 4.39 Å². The van der Waals surface area contributed by atoms with E-state index in [-0.39, 0.29) is 11.3 Å². The second-order valence-electron chi connectivity index (χ2n) is 6.41. The molecule has 4 rings (SSSR count). The molecule has 2 amide bonds. The van der Waals surface area contributed by atoms with Crippen LogP contribution < -0.4 is 16.2 Å². The number of methoxy groups -OCH3 is 1. The Balaban J connectivity index is 2.03. The van der Waals surface area contributed by atoms with E-state index in [0.29, 0.717) is 33.0 Å². The van der Waals surface area contributed by atoms with Crippen molar-refractivity contribution < 1.29 is 18.7 Å². The molecule has 4 aromatic rings. The van der Waals surface area contributed by atoms with Gasteiger partial charge in [-0.1, -0.05) is 6.07 Å². The van der Waals surface area contributed by atoms with Crippen molar-refractivity contribution in [2.24, 2.45) is 11.5 Å². The lowest BCUT2D eigenvalue weighted by Gasteiger charge is -2.08. The van der Waals surface area contributed by atoms with Crippen LogP contribution in [0.2, 0.25) is 0 Å². The molecule has 28 heavy (non-hydrogen) atoms. The Kier molecular flexibility index (Phi) is 4.00. The second kappa shape index (κ2) is 6.38. The molecule has 0 aliphatic heterocycles. The molecule has 1 heterocycles. The number of hydrogen-bond donors (Lipinski definition) is 3. The first-order valence-electron chi connectivity index (χ1n) is 8.42. The first-order chi connectivity index (χ1) is 13.4. The quantitative estimate of drug-likeness (QED) is 0.507. The zero-order chi connectivity index (χ0) is 20.0. The topological polar surface area (TPSA) is 111 Å². The first kappa shape index (κ1) is 17.5. The van der Waals surface area contributed by atoms with Gasteiger partial charge in [0.15, 0.2) is 11.6 Å². The molecule has 3 aromatic carbocycles. The Labute approximate surface area is 158 Å². The Morgan fingerprint density at radius 2 is 1.71 bits per heavy atom. The highest BCUT2D eigenvalue weighted by Gasteiger charge is 2.16. The lowest BCUT2D eigenvalue weighted by molar-refractivity contribution is 0.0992. The lowest BCUT2D eigenvalue weighted by Crippen LogP contribution is -2.11. The molecule has 0 spiro atoms. The molecule has 140 valence electrons. The molecule has 0 bridgehead atoms. The van der Waals surface area contributed by atoms with Crippen molar-refractivity contribution in [3.8, 4) is 16.9 Å². The Morgan fingerprint density at radius 1 is 0.929 bits per heavy atom. The molecular weight excluding hydrogens is 361 g/mol. The van der Waals surface area contributed by atoms with Crippen LogP contribution in [0.1, 0.15) is 20.7 Å². The molecule has 0 atom stereocenters. The van der Waals surface area contributed by atoms with Crippen LogP contribution in [0, 0.1) is 5.82 Å². The maximum absolute atomic E-state index is 14.2. The van der Waals surface area contributed by atoms with Gasteiger partial charge in [0.1, 0.15) is 0 Å². The number of aromatic nitrogens is 1. The Hall–Kier alpha value is -3.87. The molecular formula is C21H16FN3O3. The van der Waals surface area contributed by atoms with Crippen molar-refractivity contribution >= 4 is 33.6 Å². The van der Waals surface area contributed by atoms with Crippen LogP contribution in [0.3, 0.4) is 0 Å². The van der Waals surface area contributed by atoms with Crippen molar-refractivity contribution in [1.29, 1.82) is 0 Å². The molecule has 1 aromatic heterocycles. The normalized spacial score (nSPS) is 11.1. The number of carbonyl (C=O) groups is 2. The number of aromatic amines is 1. The summed E-state index contributed by atoms with van der Waals surface area (Å²) in [5, 5.41) is 1.39. The molecule has 0 fully saturated rings. The van der Waals surface area contributed by atoms with E-state index in [1.807, 2.05) is 6.07 Å². The maximum Gasteiger partial charge on any atom is 0.250 e. The number of nitrogens with two attached hydrogens (primary N) is 2. The number of nitrogens with one attached hydrogen (secondary N) is 1. The standard InChI is InChI=1S/C21H16FN3O3/c1-28-18-5-3-10(9-16(18)22)12-7-14-13-6-11(20(23)26)2-4-17(13)25-19(14)15(8-12)21(24)27/h2-9,25H,1H3,(H2,23,26)(H2,24,27). The van der Waals surface area contributed by atoms with Crippen molar-refractivity contribution in [1.82, 2.24) is 4.98 Å². The van der Waals surface area contributed by atoms with Gasteiger partial charge in [0.05, 0.1) is 18.2 Å². The number of primary amides is 2. The minimum atomic E-state index is -0.623. The maximum atomic E-state index is 14.2. The fourth-order valence-electron chi connectivity index (χ4n) is 3.36. The summed E-state index contributed by atoms with van der Waals surface area (Å²) in [5.41, 5.74) is 14.0. The van der Waals surface area contributed by atoms with Gasteiger partial charge in [-0.05, 0) is 53.6 Å². The van der Waals surface area contributed by atoms with Gasteiger partial charge in [0.25, 0.3) is 5.91 Å². The van der Waals surface area contributed by atoms with E-state index in [0.717, 1.165) is 5.52 Å². The highest BCUT2D eigenvalue weighted by Crippen LogP contribution is 2.34. The van der Waals surface area contributed by atoms with Gasteiger partial charge >= 0.3 is 0 Å². The third-order valence-corrected chi connectivity index (χ3v) is 4.74. The number of fused-ring (bicyclic) bond motifs is 3. The molecule has 0 aliphatic carbocycles. The largest absolute Gasteiger partial charge is 0.494 e. The SMILES string of the molecule is COc1ccc(-c2cc(C(N)=O)c3[nH]c4ccc(C(N)=O)cc4c3c2)cc1F. The Morgan fingerprint density at radius 3 is 2.36 bits per heavy atom. The number of amides is 2. The van der Waals surface area contributed by atoms with Crippen LogP contribution in [0.25, 0.3) is 32.9 Å². The van der Waals surface area contributed by atoms with Gasteiger partial charge in [-0.2, -0.15) is 0 Å². The first-order valence-corrected chi connectivity index (χ1v) is 8.42. The lowest BCUT2D eigenvalue weighted by atomic mass is 9.98. The number of hydrogen-bond acceptors (Lipinski definition) is 3. The highest BCUT2D eigenvalue weighted by molar-refractivity contribution is 6.17. The van der Waals surface area contributed by atoms with Crippen LogP contribution in [0.5, 0.6) is 5.75 Å². The van der Waals surface area contributed by atoms with E-state index in [1.54, 1.807) is 30.3 Å². The summed E-state index contributed by atoms with van der Waals surface area (Å²) in [6.45, 7) is 0. The monoisotopic (exact) mass is 377 g/mol. The van der Waals surface area contributed by atoms with Crippen molar-refractivity contribution in [3.63, 3.8) is 0 Å². The van der Waals surface area contributed by atoms with E-state index >= 15 is 0 Å². The van der Waals surface area contributed by atoms with Crippen molar-refractivity contribution in [3.05, 3.63) is 65.5 Å². The summed E-state index contributed by atoms with van der Waals surface area (Å²) < 4.78 is 19.1. The predicted octanol–water partition coefficient (Wildman–Crippen LogP) is 3.33. The zero-order valence-electron chi connectivity index (χ0n) is 14.9. The van der Waals surface area contributed by atoms with Gasteiger partial charge in [-0.15, -0.1) is 0 Å². The van der Waals surface area contributed by atoms with Crippen molar-refractivity contribution in [2.45, 2.75) is 0 Å². The Bertz CT molecular complexity index is 1280. The molecule has 0 aliphatic rings. The minimum absolute atomic E-state index is 0.123. The fourth-order valence-corrected chi connectivity index (χ4v) is 3.36. The summed E-state index contributed by atoms with van der Waals surface area (Å²) >= 11 is 0.